The van der Waals surface area contributed by atoms with Crippen LogP contribution in [0.4, 0.5) is 0 Å². The average molecular weight is 197 g/mol. The Balaban J connectivity index is 1.96. The van der Waals surface area contributed by atoms with Gasteiger partial charge >= 0.3 is 0 Å². The third-order valence-corrected chi connectivity index (χ3v) is 2.95. The molecule has 1 heterocycles. The lowest BCUT2D eigenvalue weighted by molar-refractivity contribution is 0.643. The van der Waals surface area contributed by atoms with Crippen LogP contribution in [-0.2, 0) is 0 Å². The molecule has 0 bridgehead atoms. The van der Waals surface area contributed by atoms with E-state index in [1.807, 2.05) is 0 Å². The van der Waals surface area contributed by atoms with Crippen molar-refractivity contribution in [1.82, 2.24) is 5.32 Å². The lowest BCUT2D eigenvalue weighted by Crippen LogP contribution is -2.12. The number of hydrogen-bond donors (Lipinski definition) is 1. The zero-order valence-electron chi connectivity index (χ0n) is 8.38. The van der Waals surface area contributed by atoms with E-state index < -0.39 is 0 Å². The first kappa shape index (κ1) is 10.7. The van der Waals surface area contributed by atoms with Crippen molar-refractivity contribution in [2.45, 2.75) is 39.0 Å². The van der Waals surface area contributed by atoms with Gasteiger partial charge in [0.2, 0.25) is 0 Å². The summed E-state index contributed by atoms with van der Waals surface area (Å²) >= 11 is 1.80. The smallest absolute Gasteiger partial charge is 0.0686 e. The van der Waals surface area contributed by atoms with Crippen molar-refractivity contribution in [2.75, 3.05) is 6.54 Å². The van der Waals surface area contributed by atoms with Crippen molar-refractivity contribution >= 4 is 11.8 Å². The second kappa shape index (κ2) is 7.07. The number of thioether (sulfide) groups is 1. The van der Waals surface area contributed by atoms with Crippen LogP contribution in [0.15, 0.2) is 22.6 Å². The van der Waals surface area contributed by atoms with Gasteiger partial charge < -0.3 is 5.32 Å². The molecular formula is C11H19NS. The summed E-state index contributed by atoms with van der Waals surface area (Å²) in [6, 6.07) is 0. The molecule has 13 heavy (non-hydrogen) atoms. The van der Waals surface area contributed by atoms with Crippen molar-refractivity contribution < 1.29 is 0 Å². The molecular weight excluding hydrogens is 178 g/mol. The van der Waals surface area contributed by atoms with Gasteiger partial charge in [-0.15, -0.1) is 0 Å². The van der Waals surface area contributed by atoms with Crippen LogP contribution in [0, 0.1) is 0 Å². The van der Waals surface area contributed by atoms with Gasteiger partial charge in [-0.3, -0.25) is 0 Å². The first-order valence-electron chi connectivity index (χ1n) is 5.19. The fourth-order valence-corrected chi connectivity index (χ4v) is 2.01. The van der Waals surface area contributed by atoms with Crippen LogP contribution >= 0.6 is 11.8 Å². The Labute approximate surface area is 85.7 Å². The molecule has 0 aromatic rings. The normalized spacial score (nSPS) is 15.6. The Morgan fingerprint density at radius 3 is 3.00 bits per heavy atom. The highest BCUT2D eigenvalue weighted by atomic mass is 32.2. The van der Waals surface area contributed by atoms with Gasteiger partial charge in [-0.05, 0) is 18.2 Å². The summed E-state index contributed by atoms with van der Waals surface area (Å²) in [5.74, 6) is 0. The summed E-state index contributed by atoms with van der Waals surface area (Å²) in [7, 11) is 0. The van der Waals surface area contributed by atoms with Gasteiger partial charge in [-0.25, -0.2) is 0 Å². The molecule has 2 heteroatoms. The maximum atomic E-state index is 3.45. The molecule has 1 aliphatic rings. The fraction of sp³-hybridized carbons (Fsp3) is 0.636. The molecule has 0 unspecified atom stereocenters. The second-order valence-corrected chi connectivity index (χ2v) is 4.23. The minimum atomic E-state index is 1.09. The van der Waals surface area contributed by atoms with E-state index in [1.165, 1.54) is 30.7 Å². The van der Waals surface area contributed by atoms with E-state index in [0.717, 1.165) is 13.0 Å². The summed E-state index contributed by atoms with van der Waals surface area (Å²) in [6.07, 6.45) is 10.9. The average Bonchev–Trinajstić information content (AvgIpc) is 2.19. The molecule has 0 aromatic carbocycles. The number of allylic oxidation sites excluding steroid dienone is 2. The summed E-state index contributed by atoms with van der Waals surface area (Å²) in [5, 5.41) is 6.95. The highest BCUT2D eigenvalue weighted by molar-refractivity contribution is 8.05. The molecule has 0 saturated carbocycles. The first-order valence-corrected chi connectivity index (χ1v) is 6.07. The molecule has 0 amide bonds. The number of nitrogens with one attached hydrogen (secondary N) is 1. The monoisotopic (exact) mass is 197 g/mol. The van der Waals surface area contributed by atoms with Crippen molar-refractivity contribution in [3.05, 3.63) is 22.6 Å². The Morgan fingerprint density at radius 1 is 1.38 bits per heavy atom. The highest BCUT2D eigenvalue weighted by Crippen LogP contribution is 2.19. The molecule has 0 fully saturated rings. The maximum Gasteiger partial charge on any atom is 0.0686 e. The van der Waals surface area contributed by atoms with Crippen LogP contribution in [0.5, 0.6) is 0 Å². The van der Waals surface area contributed by atoms with E-state index >= 15 is 0 Å². The number of unbranched alkanes of at least 4 members (excludes halogenated alkanes) is 3. The van der Waals surface area contributed by atoms with E-state index in [4.69, 9.17) is 0 Å². The van der Waals surface area contributed by atoms with E-state index in [-0.39, 0.29) is 0 Å². The first-order chi connectivity index (χ1) is 6.43. The van der Waals surface area contributed by atoms with Crippen LogP contribution in [0.2, 0.25) is 0 Å². The Morgan fingerprint density at radius 2 is 2.31 bits per heavy atom. The molecule has 1 nitrogen and oxygen atoms in total. The van der Waals surface area contributed by atoms with Gasteiger partial charge in [0, 0.05) is 6.54 Å². The van der Waals surface area contributed by atoms with E-state index in [1.54, 1.807) is 11.8 Å². The van der Waals surface area contributed by atoms with Crippen molar-refractivity contribution in [1.29, 1.82) is 0 Å². The summed E-state index contributed by atoms with van der Waals surface area (Å²) in [6.45, 7) is 3.38. The molecule has 1 rings (SSSR count). The quantitative estimate of drug-likeness (QED) is 0.652. The fourth-order valence-electron chi connectivity index (χ4n) is 1.28. The molecule has 0 aromatic heterocycles. The highest BCUT2D eigenvalue weighted by Gasteiger charge is 1.97. The van der Waals surface area contributed by atoms with Gasteiger partial charge in [-0.2, -0.15) is 0 Å². The van der Waals surface area contributed by atoms with Crippen LogP contribution < -0.4 is 5.32 Å². The largest absolute Gasteiger partial charge is 0.380 e. The third kappa shape index (κ3) is 5.04. The van der Waals surface area contributed by atoms with E-state index in [0.29, 0.717) is 0 Å². The molecule has 0 spiro atoms. The molecule has 0 radical (unpaired) electrons. The SMILES string of the molecule is CCCCCCNC1=CCC=CS1. The van der Waals surface area contributed by atoms with Gasteiger partial charge in [0.15, 0.2) is 0 Å². The van der Waals surface area contributed by atoms with Crippen molar-refractivity contribution in [3.63, 3.8) is 0 Å². The molecule has 0 aliphatic carbocycles. The topological polar surface area (TPSA) is 12.0 Å². The van der Waals surface area contributed by atoms with Crippen LogP contribution in [0.1, 0.15) is 39.0 Å². The zero-order chi connectivity index (χ0) is 9.36. The minimum Gasteiger partial charge on any atom is -0.380 e. The van der Waals surface area contributed by atoms with Crippen LogP contribution in [0.3, 0.4) is 0 Å². The summed E-state index contributed by atoms with van der Waals surface area (Å²) < 4.78 is 0. The van der Waals surface area contributed by atoms with E-state index in [9.17, 15) is 0 Å². The zero-order valence-corrected chi connectivity index (χ0v) is 9.20. The number of rotatable bonds is 6. The maximum absolute atomic E-state index is 3.45. The third-order valence-electron chi connectivity index (χ3n) is 2.06. The molecule has 0 atom stereocenters. The Kier molecular flexibility index (Phi) is 5.83. The van der Waals surface area contributed by atoms with Crippen molar-refractivity contribution in [3.8, 4) is 0 Å². The summed E-state index contributed by atoms with van der Waals surface area (Å²) in [5.41, 5.74) is 0. The van der Waals surface area contributed by atoms with Crippen LogP contribution in [-0.4, -0.2) is 6.54 Å². The van der Waals surface area contributed by atoms with Gasteiger partial charge in [0.25, 0.3) is 0 Å². The summed E-state index contributed by atoms with van der Waals surface area (Å²) in [4.78, 5) is 0. The van der Waals surface area contributed by atoms with Crippen molar-refractivity contribution in [2.24, 2.45) is 0 Å². The Bertz CT molecular complexity index is 185. The Hall–Kier alpha value is -0.370. The molecule has 74 valence electrons. The lowest BCUT2D eigenvalue weighted by Gasteiger charge is -2.10. The lowest BCUT2D eigenvalue weighted by atomic mass is 10.2. The van der Waals surface area contributed by atoms with E-state index in [2.05, 4.69) is 29.8 Å². The van der Waals surface area contributed by atoms with Crippen LogP contribution in [0.25, 0.3) is 0 Å². The van der Waals surface area contributed by atoms with Gasteiger partial charge in [0.1, 0.15) is 0 Å². The molecule has 0 saturated heterocycles. The van der Waals surface area contributed by atoms with Gasteiger partial charge in [0.05, 0.1) is 5.03 Å². The standard InChI is InChI=1S/C11H19NS/c1-2-3-4-6-9-12-11-8-5-7-10-13-11/h7-8,10,12H,2-6,9H2,1H3. The molecule has 1 N–H and O–H groups in total. The molecule has 1 aliphatic heterocycles. The second-order valence-electron chi connectivity index (χ2n) is 3.28. The predicted molar refractivity (Wildman–Crippen MR) is 61.6 cm³/mol. The van der Waals surface area contributed by atoms with Gasteiger partial charge in [-0.1, -0.05) is 50.1 Å². The predicted octanol–water partition coefficient (Wildman–Crippen LogP) is 3.65. The number of hydrogen-bond acceptors (Lipinski definition) is 2. The minimum absolute atomic E-state index is 1.09.